The van der Waals surface area contributed by atoms with Gasteiger partial charge in [-0.2, -0.15) is 0 Å². The summed E-state index contributed by atoms with van der Waals surface area (Å²) in [5, 5.41) is 4.96. The van der Waals surface area contributed by atoms with Crippen LogP contribution in [0.15, 0.2) is 42.5 Å². The molecule has 2 heterocycles. The molecule has 3 aromatic rings. The Bertz CT molecular complexity index is 875. The molecular weight excluding hydrogens is 336 g/mol. The summed E-state index contributed by atoms with van der Waals surface area (Å²) in [4.78, 5) is 3.61. The summed E-state index contributed by atoms with van der Waals surface area (Å²) in [6.07, 6.45) is 1.05. The molecule has 0 spiro atoms. The van der Waals surface area contributed by atoms with Gasteiger partial charge in [0, 0.05) is 23.1 Å². The fourth-order valence-corrected chi connectivity index (χ4v) is 3.60. The maximum atomic E-state index is 5.63. The Kier molecular flexibility index (Phi) is 5.21. The molecule has 0 saturated carbocycles. The van der Waals surface area contributed by atoms with Crippen LogP contribution >= 0.6 is 12.4 Å². The van der Waals surface area contributed by atoms with Crippen LogP contribution in [0.2, 0.25) is 0 Å². The van der Waals surface area contributed by atoms with Gasteiger partial charge in [0.25, 0.3) is 0 Å². The van der Waals surface area contributed by atoms with Gasteiger partial charge in [-0.25, -0.2) is 0 Å². The van der Waals surface area contributed by atoms with E-state index in [4.69, 9.17) is 9.47 Å². The molecule has 2 N–H and O–H groups in total. The third kappa shape index (κ3) is 3.08. The van der Waals surface area contributed by atoms with Gasteiger partial charge in [-0.05, 0) is 42.7 Å². The van der Waals surface area contributed by atoms with E-state index in [1.54, 1.807) is 7.11 Å². The van der Waals surface area contributed by atoms with Gasteiger partial charge < -0.3 is 19.8 Å². The molecule has 1 aliphatic heterocycles. The number of halogens is 1. The SMILES string of the molecule is CCOc1ccc(C2NCCc3c2[nH]c2ccccc32)cc1OC.Cl. The van der Waals surface area contributed by atoms with E-state index < -0.39 is 0 Å². The number of rotatable bonds is 4. The average molecular weight is 359 g/mol. The highest BCUT2D eigenvalue weighted by molar-refractivity contribution is 5.85. The summed E-state index contributed by atoms with van der Waals surface area (Å²) in [5.41, 5.74) is 5.06. The molecule has 0 amide bonds. The first-order valence-electron chi connectivity index (χ1n) is 8.45. The lowest BCUT2D eigenvalue weighted by Gasteiger charge is -2.25. The summed E-state index contributed by atoms with van der Waals surface area (Å²) in [7, 11) is 1.68. The van der Waals surface area contributed by atoms with E-state index in [0.29, 0.717) is 6.61 Å². The molecule has 4 nitrogen and oxygen atoms in total. The zero-order valence-electron chi connectivity index (χ0n) is 14.5. The van der Waals surface area contributed by atoms with Crippen molar-refractivity contribution in [2.75, 3.05) is 20.3 Å². The number of aromatic amines is 1. The van der Waals surface area contributed by atoms with Crippen LogP contribution in [0.5, 0.6) is 11.5 Å². The van der Waals surface area contributed by atoms with Crippen LogP contribution in [0.3, 0.4) is 0 Å². The molecule has 25 heavy (non-hydrogen) atoms. The minimum Gasteiger partial charge on any atom is -0.493 e. The molecular formula is C20H23ClN2O2. The van der Waals surface area contributed by atoms with Gasteiger partial charge in [-0.15, -0.1) is 12.4 Å². The summed E-state index contributed by atoms with van der Waals surface area (Å²) in [6.45, 7) is 3.57. The van der Waals surface area contributed by atoms with E-state index in [9.17, 15) is 0 Å². The van der Waals surface area contributed by atoms with Gasteiger partial charge >= 0.3 is 0 Å². The number of nitrogens with one attached hydrogen (secondary N) is 2. The third-order valence-electron chi connectivity index (χ3n) is 4.68. The Morgan fingerprint density at radius 1 is 1.12 bits per heavy atom. The predicted molar refractivity (Wildman–Crippen MR) is 103 cm³/mol. The second-order valence-electron chi connectivity index (χ2n) is 6.04. The Labute approximate surface area is 153 Å². The first kappa shape index (κ1) is 17.6. The Hall–Kier alpha value is -2.17. The van der Waals surface area contributed by atoms with Crippen molar-refractivity contribution in [2.24, 2.45) is 0 Å². The van der Waals surface area contributed by atoms with Gasteiger partial charge in [-0.1, -0.05) is 24.3 Å². The van der Waals surface area contributed by atoms with Gasteiger partial charge in [-0.3, -0.25) is 0 Å². The zero-order valence-corrected chi connectivity index (χ0v) is 15.3. The van der Waals surface area contributed by atoms with Crippen LogP contribution < -0.4 is 14.8 Å². The van der Waals surface area contributed by atoms with Crippen LogP contribution in [0.1, 0.15) is 29.8 Å². The fourth-order valence-electron chi connectivity index (χ4n) is 3.60. The van der Waals surface area contributed by atoms with Crippen LogP contribution in [0, 0.1) is 0 Å². The summed E-state index contributed by atoms with van der Waals surface area (Å²) in [5.74, 6) is 1.57. The van der Waals surface area contributed by atoms with Gasteiger partial charge in [0.15, 0.2) is 11.5 Å². The lowest BCUT2D eigenvalue weighted by molar-refractivity contribution is 0.310. The van der Waals surface area contributed by atoms with Crippen molar-refractivity contribution in [3.8, 4) is 11.5 Å². The van der Waals surface area contributed by atoms with E-state index in [0.717, 1.165) is 24.5 Å². The molecule has 1 aliphatic rings. The highest BCUT2D eigenvalue weighted by Crippen LogP contribution is 2.36. The number of hydrogen-bond acceptors (Lipinski definition) is 3. The van der Waals surface area contributed by atoms with Crippen molar-refractivity contribution in [3.63, 3.8) is 0 Å². The van der Waals surface area contributed by atoms with Crippen LogP contribution in [-0.4, -0.2) is 25.2 Å². The summed E-state index contributed by atoms with van der Waals surface area (Å²) in [6, 6.07) is 14.9. The van der Waals surface area contributed by atoms with E-state index in [1.165, 1.54) is 27.7 Å². The van der Waals surface area contributed by atoms with E-state index in [1.807, 2.05) is 13.0 Å². The van der Waals surface area contributed by atoms with Crippen molar-refractivity contribution >= 4 is 23.3 Å². The quantitative estimate of drug-likeness (QED) is 0.733. The maximum Gasteiger partial charge on any atom is 0.161 e. The Balaban J connectivity index is 0.00000182. The van der Waals surface area contributed by atoms with Crippen molar-refractivity contribution < 1.29 is 9.47 Å². The smallest absolute Gasteiger partial charge is 0.161 e. The van der Waals surface area contributed by atoms with Gasteiger partial charge in [0.2, 0.25) is 0 Å². The fraction of sp³-hybridized carbons (Fsp3) is 0.300. The number of para-hydroxylation sites is 1. The van der Waals surface area contributed by atoms with Crippen LogP contribution in [0.25, 0.3) is 10.9 Å². The van der Waals surface area contributed by atoms with Crippen LogP contribution in [-0.2, 0) is 6.42 Å². The van der Waals surface area contributed by atoms with Crippen LogP contribution in [0.4, 0.5) is 0 Å². The van der Waals surface area contributed by atoms with Crippen molar-refractivity contribution in [1.82, 2.24) is 10.3 Å². The van der Waals surface area contributed by atoms with Gasteiger partial charge in [0.05, 0.1) is 19.8 Å². The zero-order chi connectivity index (χ0) is 16.5. The minimum absolute atomic E-state index is 0. The number of fused-ring (bicyclic) bond motifs is 3. The van der Waals surface area contributed by atoms with Gasteiger partial charge in [0.1, 0.15) is 0 Å². The van der Waals surface area contributed by atoms with Crippen molar-refractivity contribution in [1.29, 1.82) is 0 Å². The number of H-pyrrole nitrogens is 1. The number of hydrogen-bond donors (Lipinski definition) is 2. The van der Waals surface area contributed by atoms with Crippen molar-refractivity contribution in [3.05, 3.63) is 59.3 Å². The minimum atomic E-state index is 0. The monoisotopic (exact) mass is 358 g/mol. The highest BCUT2D eigenvalue weighted by Gasteiger charge is 2.25. The highest BCUT2D eigenvalue weighted by atomic mass is 35.5. The predicted octanol–water partition coefficient (Wildman–Crippen LogP) is 4.23. The molecule has 4 rings (SSSR count). The van der Waals surface area contributed by atoms with E-state index in [2.05, 4.69) is 46.7 Å². The molecule has 1 atom stereocenters. The second kappa shape index (κ2) is 7.38. The number of methoxy groups -OCH3 is 1. The Morgan fingerprint density at radius 2 is 1.96 bits per heavy atom. The third-order valence-corrected chi connectivity index (χ3v) is 4.68. The molecule has 0 fully saturated rings. The summed E-state index contributed by atoms with van der Waals surface area (Å²) < 4.78 is 11.1. The molecule has 1 aromatic heterocycles. The summed E-state index contributed by atoms with van der Waals surface area (Å²) >= 11 is 0. The normalized spacial score (nSPS) is 16.2. The lowest BCUT2D eigenvalue weighted by atomic mass is 9.94. The lowest BCUT2D eigenvalue weighted by Crippen LogP contribution is -2.30. The molecule has 5 heteroatoms. The van der Waals surface area contributed by atoms with E-state index >= 15 is 0 Å². The Morgan fingerprint density at radius 3 is 2.76 bits per heavy atom. The first-order chi connectivity index (χ1) is 11.8. The molecule has 0 bridgehead atoms. The second-order valence-corrected chi connectivity index (χ2v) is 6.04. The maximum absolute atomic E-state index is 5.63. The molecule has 0 aliphatic carbocycles. The number of ether oxygens (including phenoxy) is 2. The number of aromatic nitrogens is 1. The molecule has 132 valence electrons. The number of benzene rings is 2. The first-order valence-corrected chi connectivity index (χ1v) is 8.45. The van der Waals surface area contributed by atoms with Crippen molar-refractivity contribution in [2.45, 2.75) is 19.4 Å². The van der Waals surface area contributed by atoms with E-state index in [-0.39, 0.29) is 18.4 Å². The standard InChI is InChI=1S/C20H22N2O2.ClH/c1-3-24-17-9-8-13(12-18(17)23-2)19-20-15(10-11-21-19)14-6-4-5-7-16(14)22-20;/h4-9,12,19,21-22H,3,10-11H2,1-2H3;1H. The molecule has 1 unspecified atom stereocenters. The largest absolute Gasteiger partial charge is 0.493 e. The molecule has 2 aromatic carbocycles. The molecule has 0 saturated heterocycles. The topological polar surface area (TPSA) is 46.3 Å². The molecule has 0 radical (unpaired) electrons. The average Bonchev–Trinajstić information content (AvgIpc) is 3.01.